The molecule has 3 heteroatoms. The summed E-state index contributed by atoms with van der Waals surface area (Å²) in [4.78, 5) is 12.4. The average Bonchev–Trinajstić information content (AvgIpc) is 2.74. The van der Waals surface area contributed by atoms with Gasteiger partial charge in [-0.05, 0) is 43.3 Å². The summed E-state index contributed by atoms with van der Waals surface area (Å²) < 4.78 is 5.93. The van der Waals surface area contributed by atoms with Crippen LogP contribution in [0.1, 0.15) is 40.5 Å². The monoisotopic (exact) mass is 250 g/mol. The lowest BCUT2D eigenvalue weighted by molar-refractivity contribution is -0.222. The van der Waals surface area contributed by atoms with Gasteiger partial charge in [0, 0.05) is 11.8 Å². The van der Waals surface area contributed by atoms with Crippen LogP contribution in [0.3, 0.4) is 0 Å². The molecule has 3 nitrogen and oxygen atoms in total. The van der Waals surface area contributed by atoms with Crippen LogP contribution in [0, 0.1) is 23.7 Å². The van der Waals surface area contributed by atoms with Crippen LogP contribution in [0.25, 0.3) is 0 Å². The molecule has 2 aliphatic heterocycles. The highest BCUT2D eigenvalue weighted by Crippen LogP contribution is 2.61. The molecule has 0 aromatic rings. The van der Waals surface area contributed by atoms with Crippen molar-refractivity contribution in [1.29, 1.82) is 0 Å². The van der Waals surface area contributed by atoms with Crippen molar-refractivity contribution in [2.75, 3.05) is 0 Å². The molecule has 2 fully saturated rings. The number of fused-ring (bicyclic) bond motifs is 5. The highest BCUT2D eigenvalue weighted by atomic mass is 16.7. The van der Waals surface area contributed by atoms with Crippen molar-refractivity contribution in [3.63, 3.8) is 0 Å². The third-order valence-corrected chi connectivity index (χ3v) is 5.32. The Bertz CT molecular complexity index is 439. The molecule has 1 saturated carbocycles. The standard InChI is InChI=1S/C15H22O3/c1-8(2)11-7-12(16)14(4)10-6-5-9(3)13(10)15(11,17)18-14/h7-10,13,17H,5-6H2,1-4H3. The minimum Gasteiger partial charge on any atom is -0.362 e. The molecule has 0 spiro atoms. The molecule has 1 saturated heterocycles. The normalized spacial score (nSPS) is 50.7. The third kappa shape index (κ3) is 1.24. The fraction of sp³-hybridized carbons (Fsp3) is 0.800. The summed E-state index contributed by atoms with van der Waals surface area (Å²) >= 11 is 0. The topological polar surface area (TPSA) is 46.5 Å². The van der Waals surface area contributed by atoms with Crippen molar-refractivity contribution >= 4 is 5.78 Å². The SMILES string of the molecule is CC(C)C1=CC(=O)C2(C)OC1(O)C1C(C)CCC12. The van der Waals surface area contributed by atoms with E-state index in [0.29, 0.717) is 5.92 Å². The predicted octanol–water partition coefficient (Wildman–Crippen LogP) is 2.29. The van der Waals surface area contributed by atoms with Gasteiger partial charge in [0.1, 0.15) is 5.60 Å². The van der Waals surface area contributed by atoms with E-state index < -0.39 is 11.4 Å². The third-order valence-electron chi connectivity index (χ3n) is 5.32. The Morgan fingerprint density at radius 2 is 2.11 bits per heavy atom. The Balaban J connectivity index is 2.16. The molecule has 100 valence electrons. The second-order valence-electron chi connectivity index (χ2n) is 6.71. The first kappa shape index (κ1) is 12.4. The molecule has 2 heterocycles. The van der Waals surface area contributed by atoms with E-state index in [9.17, 15) is 9.90 Å². The van der Waals surface area contributed by atoms with E-state index in [1.807, 2.05) is 20.8 Å². The van der Waals surface area contributed by atoms with Crippen LogP contribution in [0.15, 0.2) is 11.6 Å². The predicted molar refractivity (Wildman–Crippen MR) is 67.7 cm³/mol. The van der Waals surface area contributed by atoms with E-state index in [0.717, 1.165) is 18.4 Å². The van der Waals surface area contributed by atoms with Crippen molar-refractivity contribution in [2.24, 2.45) is 23.7 Å². The van der Waals surface area contributed by atoms with Crippen LogP contribution < -0.4 is 0 Å². The molecular formula is C15H22O3. The summed E-state index contributed by atoms with van der Waals surface area (Å²) in [5, 5.41) is 11.0. The van der Waals surface area contributed by atoms with Crippen LogP contribution in [-0.4, -0.2) is 22.3 Å². The lowest BCUT2D eigenvalue weighted by Crippen LogP contribution is -2.48. The number of ketones is 1. The van der Waals surface area contributed by atoms with Crippen LogP contribution in [0.5, 0.6) is 0 Å². The zero-order chi connectivity index (χ0) is 13.3. The lowest BCUT2D eigenvalue weighted by atomic mass is 9.77. The summed E-state index contributed by atoms with van der Waals surface area (Å²) in [5.41, 5.74) is -0.0334. The van der Waals surface area contributed by atoms with E-state index in [1.54, 1.807) is 6.08 Å². The number of carbonyl (C=O) groups excluding carboxylic acids is 1. The van der Waals surface area contributed by atoms with Gasteiger partial charge in [-0.15, -0.1) is 0 Å². The lowest BCUT2D eigenvalue weighted by Gasteiger charge is -2.39. The average molecular weight is 250 g/mol. The van der Waals surface area contributed by atoms with Gasteiger partial charge in [-0.25, -0.2) is 0 Å². The number of hydrogen-bond acceptors (Lipinski definition) is 3. The van der Waals surface area contributed by atoms with Crippen LogP contribution in [0.4, 0.5) is 0 Å². The number of aliphatic hydroxyl groups is 1. The molecule has 0 radical (unpaired) electrons. The van der Waals surface area contributed by atoms with Crippen molar-refractivity contribution < 1.29 is 14.6 Å². The van der Waals surface area contributed by atoms with Crippen LogP contribution in [-0.2, 0) is 9.53 Å². The van der Waals surface area contributed by atoms with Gasteiger partial charge in [-0.3, -0.25) is 4.79 Å². The Labute approximate surface area is 108 Å². The van der Waals surface area contributed by atoms with E-state index >= 15 is 0 Å². The zero-order valence-corrected chi connectivity index (χ0v) is 11.6. The minimum absolute atomic E-state index is 0.0393. The van der Waals surface area contributed by atoms with Gasteiger partial charge >= 0.3 is 0 Å². The Hall–Kier alpha value is -0.670. The van der Waals surface area contributed by atoms with Gasteiger partial charge in [0.05, 0.1) is 0 Å². The Morgan fingerprint density at radius 3 is 2.72 bits per heavy atom. The largest absolute Gasteiger partial charge is 0.362 e. The maximum Gasteiger partial charge on any atom is 0.193 e. The quantitative estimate of drug-likeness (QED) is 0.776. The highest BCUT2D eigenvalue weighted by molar-refractivity contribution is 5.99. The summed E-state index contributed by atoms with van der Waals surface area (Å²) in [6.07, 6.45) is 3.71. The van der Waals surface area contributed by atoms with Crippen molar-refractivity contribution in [1.82, 2.24) is 0 Å². The van der Waals surface area contributed by atoms with Crippen molar-refractivity contribution in [3.05, 3.63) is 11.6 Å². The first-order chi connectivity index (χ1) is 8.30. The first-order valence-electron chi connectivity index (χ1n) is 6.99. The summed E-state index contributed by atoms with van der Waals surface area (Å²) in [6, 6.07) is 0. The van der Waals surface area contributed by atoms with E-state index in [2.05, 4.69) is 6.92 Å². The molecule has 0 amide bonds. The fourth-order valence-electron chi connectivity index (χ4n) is 4.39. The van der Waals surface area contributed by atoms with Crippen LogP contribution >= 0.6 is 0 Å². The molecule has 5 unspecified atom stereocenters. The van der Waals surface area contributed by atoms with Crippen molar-refractivity contribution in [2.45, 2.75) is 51.9 Å². The van der Waals surface area contributed by atoms with Gasteiger partial charge in [0.15, 0.2) is 11.6 Å². The molecule has 0 aromatic heterocycles. The zero-order valence-electron chi connectivity index (χ0n) is 11.6. The number of rotatable bonds is 1. The van der Waals surface area contributed by atoms with Gasteiger partial charge < -0.3 is 9.84 Å². The molecule has 18 heavy (non-hydrogen) atoms. The molecular weight excluding hydrogens is 228 g/mol. The number of ether oxygens (including phenoxy) is 1. The molecule has 3 aliphatic rings. The van der Waals surface area contributed by atoms with E-state index in [4.69, 9.17) is 4.74 Å². The molecule has 0 aromatic carbocycles. The minimum atomic E-state index is -1.21. The maximum atomic E-state index is 12.4. The Morgan fingerprint density at radius 1 is 1.44 bits per heavy atom. The summed E-state index contributed by atoms with van der Waals surface area (Å²) in [6.45, 7) is 8.04. The number of carbonyl (C=O) groups is 1. The maximum absolute atomic E-state index is 12.4. The van der Waals surface area contributed by atoms with Gasteiger partial charge in [-0.1, -0.05) is 20.8 Å². The highest BCUT2D eigenvalue weighted by Gasteiger charge is 2.69. The smallest absolute Gasteiger partial charge is 0.193 e. The molecule has 1 N–H and O–H groups in total. The van der Waals surface area contributed by atoms with Gasteiger partial charge in [-0.2, -0.15) is 0 Å². The van der Waals surface area contributed by atoms with Gasteiger partial charge in [0.25, 0.3) is 0 Å². The molecule has 5 atom stereocenters. The molecule has 2 bridgehead atoms. The fourth-order valence-corrected chi connectivity index (χ4v) is 4.39. The van der Waals surface area contributed by atoms with Gasteiger partial charge in [0.2, 0.25) is 0 Å². The second-order valence-corrected chi connectivity index (χ2v) is 6.71. The molecule has 3 rings (SSSR count). The van der Waals surface area contributed by atoms with E-state index in [-0.39, 0.29) is 23.5 Å². The van der Waals surface area contributed by atoms with Crippen molar-refractivity contribution in [3.8, 4) is 0 Å². The first-order valence-corrected chi connectivity index (χ1v) is 6.99. The summed E-state index contributed by atoms with van der Waals surface area (Å²) in [7, 11) is 0. The van der Waals surface area contributed by atoms with E-state index in [1.165, 1.54) is 0 Å². The summed E-state index contributed by atoms with van der Waals surface area (Å²) in [5.74, 6) is -0.389. The molecule has 1 aliphatic carbocycles. The number of hydrogen-bond donors (Lipinski definition) is 1. The Kier molecular flexibility index (Phi) is 2.37. The second kappa shape index (κ2) is 3.45. The van der Waals surface area contributed by atoms with Crippen LogP contribution in [0.2, 0.25) is 0 Å².